The molecule has 4 aromatic rings. The highest BCUT2D eigenvalue weighted by molar-refractivity contribution is 5.99. The fraction of sp³-hybridized carbons (Fsp3) is 0.160. The van der Waals surface area contributed by atoms with Gasteiger partial charge < -0.3 is 4.90 Å². The van der Waals surface area contributed by atoms with E-state index in [4.69, 9.17) is 4.98 Å². The minimum atomic E-state index is 0.0664. The highest BCUT2D eigenvalue weighted by atomic mass is 16.2. The predicted molar refractivity (Wildman–Crippen MR) is 117 cm³/mol. The van der Waals surface area contributed by atoms with Crippen molar-refractivity contribution in [3.05, 3.63) is 95.4 Å². The summed E-state index contributed by atoms with van der Waals surface area (Å²) in [5, 5.41) is 4.55. The first-order valence-corrected chi connectivity index (χ1v) is 10.0. The molecule has 0 radical (unpaired) electrons. The standard InChI is InChI=1S/C25H22N4O/c1-17-8-11-22(21-13-26-29(16-21)14-18-6-4-3-5-7-18)24(27-17)19-9-10-20-15-28(2)25(30)23(20)12-19/h3-13,16H,14-15H2,1-2H3. The molecule has 0 N–H and O–H groups in total. The lowest BCUT2D eigenvalue weighted by Crippen LogP contribution is -2.17. The third-order valence-corrected chi connectivity index (χ3v) is 5.53. The van der Waals surface area contributed by atoms with Crippen molar-refractivity contribution in [3.63, 3.8) is 0 Å². The molecule has 0 bridgehead atoms. The van der Waals surface area contributed by atoms with Gasteiger partial charge in [-0.15, -0.1) is 0 Å². The first kappa shape index (κ1) is 18.3. The molecular weight excluding hydrogens is 372 g/mol. The summed E-state index contributed by atoms with van der Waals surface area (Å²) >= 11 is 0. The molecule has 0 atom stereocenters. The van der Waals surface area contributed by atoms with Crippen LogP contribution in [0.4, 0.5) is 0 Å². The molecule has 2 aromatic heterocycles. The lowest BCUT2D eigenvalue weighted by molar-refractivity contribution is 0.0816. The van der Waals surface area contributed by atoms with Gasteiger partial charge in [-0.05, 0) is 30.2 Å². The normalized spacial score (nSPS) is 13.0. The van der Waals surface area contributed by atoms with Crippen LogP contribution in [0, 0.1) is 6.92 Å². The number of nitrogens with zero attached hydrogens (tertiary/aromatic N) is 4. The van der Waals surface area contributed by atoms with Gasteiger partial charge in [-0.2, -0.15) is 5.10 Å². The van der Waals surface area contributed by atoms with Gasteiger partial charge in [0.25, 0.3) is 5.91 Å². The second kappa shape index (κ2) is 7.26. The van der Waals surface area contributed by atoms with E-state index in [1.807, 2.05) is 61.2 Å². The third kappa shape index (κ3) is 3.28. The van der Waals surface area contributed by atoms with Gasteiger partial charge in [0.15, 0.2) is 0 Å². The molecule has 2 aromatic carbocycles. The summed E-state index contributed by atoms with van der Waals surface area (Å²) in [6.45, 7) is 3.36. The molecule has 5 rings (SSSR count). The number of benzene rings is 2. The van der Waals surface area contributed by atoms with Crippen molar-refractivity contribution < 1.29 is 4.79 Å². The molecule has 148 valence electrons. The molecule has 0 aliphatic carbocycles. The van der Waals surface area contributed by atoms with Crippen LogP contribution in [0.3, 0.4) is 0 Å². The smallest absolute Gasteiger partial charge is 0.254 e. The lowest BCUT2D eigenvalue weighted by atomic mass is 9.98. The highest BCUT2D eigenvalue weighted by Crippen LogP contribution is 2.33. The van der Waals surface area contributed by atoms with E-state index >= 15 is 0 Å². The van der Waals surface area contributed by atoms with Gasteiger partial charge >= 0.3 is 0 Å². The Labute approximate surface area is 175 Å². The molecule has 1 amide bonds. The number of aromatic nitrogens is 3. The van der Waals surface area contributed by atoms with Crippen molar-refractivity contribution in [3.8, 4) is 22.4 Å². The van der Waals surface area contributed by atoms with Gasteiger partial charge in [-0.25, -0.2) is 0 Å². The molecule has 1 aliphatic heterocycles. The first-order chi connectivity index (χ1) is 14.6. The Morgan fingerprint density at radius 2 is 1.80 bits per heavy atom. The van der Waals surface area contributed by atoms with Crippen LogP contribution in [-0.4, -0.2) is 32.6 Å². The topological polar surface area (TPSA) is 51.0 Å². The maximum absolute atomic E-state index is 12.5. The molecule has 0 saturated carbocycles. The zero-order valence-corrected chi connectivity index (χ0v) is 17.0. The van der Waals surface area contributed by atoms with Crippen LogP contribution in [0.15, 0.2) is 73.1 Å². The summed E-state index contributed by atoms with van der Waals surface area (Å²) in [6, 6.07) is 20.5. The van der Waals surface area contributed by atoms with Crippen LogP contribution in [-0.2, 0) is 13.1 Å². The second-order valence-corrected chi connectivity index (χ2v) is 7.79. The number of amides is 1. The van der Waals surface area contributed by atoms with E-state index in [0.29, 0.717) is 6.54 Å². The number of rotatable bonds is 4. The van der Waals surface area contributed by atoms with E-state index in [-0.39, 0.29) is 5.91 Å². The molecule has 30 heavy (non-hydrogen) atoms. The van der Waals surface area contributed by atoms with Crippen molar-refractivity contribution in [1.82, 2.24) is 19.7 Å². The summed E-state index contributed by atoms with van der Waals surface area (Å²) < 4.78 is 1.94. The number of pyridine rings is 1. The van der Waals surface area contributed by atoms with Crippen LogP contribution in [0.5, 0.6) is 0 Å². The van der Waals surface area contributed by atoms with Crippen LogP contribution < -0.4 is 0 Å². The van der Waals surface area contributed by atoms with Crippen molar-refractivity contribution >= 4 is 5.91 Å². The van der Waals surface area contributed by atoms with Crippen molar-refractivity contribution in [2.45, 2.75) is 20.0 Å². The van der Waals surface area contributed by atoms with Gasteiger partial charge in [0, 0.05) is 47.7 Å². The number of carbonyl (C=O) groups excluding carboxylic acids is 1. The third-order valence-electron chi connectivity index (χ3n) is 5.53. The minimum Gasteiger partial charge on any atom is -0.337 e. The van der Waals surface area contributed by atoms with E-state index in [9.17, 15) is 4.79 Å². The Hall–Kier alpha value is -3.73. The van der Waals surface area contributed by atoms with Crippen molar-refractivity contribution in [1.29, 1.82) is 0 Å². The summed E-state index contributed by atoms with van der Waals surface area (Å²) in [7, 11) is 1.83. The van der Waals surface area contributed by atoms with Crippen molar-refractivity contribution in [2.75, 3.05) is 7.05 Å². The summed E-state index contributed by atoms with van der Waals surface area (Å²) in [6.07, 6.45) is 3.93. The zero-order chi connectivity index (χ0) is 20.7. The summed E-state index contributed by atoms with van der Waals surface area (Å²) in [4.78, 5) is 19.0. The second-order valence-electron chi connectivity index (χ2n) is 7.79. The summed E-state index contributed by atoms with van der Waals surface area (Å²) in [5.74, 6) is 0.0664. The predicted octanol–water partition coefficient (Wildman–Crippen LogP) is 4.55. The average molecular weight is 394 g/mol. The van der Waals surface area contributed by atoms with Crippen molar-refractivity contribution in [2.24, 2.45) is 0 Å². The van der Waals surface area contributed by atoms with Gasteiger partial charge in [-0.1, -0.05) is 48.5 Å². The van der Waals surface area contributed by atoms with E-state index in [1.165, 1.54) is 5.56 Å². The zero-order valence-electron chi connectivity index (χ0n) is 17.0. The number of aryl methyl sites for hydroxylation is 1. The van der Waals surface area contributed by atoms with Crippen LogP contribution in [0.25, 0.3) is 22.4 Å². The summed E-state index contributed by atoms with van der Waals surface area (Å²) in [5.41, 5.74) is 7.83. The quantitative estimate of drug-likeness (QED) is 0.510. The van der Waals surface area contributed by atoms with E-state index in [0.717, 1.165) is 45.7 Å². The number of fused-ring (bicyclic) bond motifs is 1. The fourth-order valence-corrected chi connectivity index (χ4v) is 3.96. The van der Waals surface area contributed by atoms with Crippen LogP contribution in [0.1, 0.15) is 27.2 Å². The van der Waals surface area contributed by atoms with E-state index < -0.39 is 0 Å². The maximum Gasteiger partial charge on any atom is 0.254 e. The SMILES string of the molecule is Cc1ccc(-c2cnn(Cc3ccccc3)c2)c(-c2ccc3c(c2)C(=O)N(C)C3)n1. The Morgan fingerprint density at radius 1 is 0.967 bits per heavy atom. The van der Waals surface area contributed by atoms with Gasteiger partial charge in [0.05, 0.1) is 18.4 Å². The minimum absolute atomic E-state index is 0.0664. The highest BCUT2D eigenvalue weighted by Gasteiger charge is 2.25. The molecule has 0 saturated heterocycles. The Bertz CT molecular complexity index is 1240. The van der Waals surface area contributed by atoms with Gasteiger partial charge in [0.2, 0.25) is 0 Å². The molecule has 5 nitrogen and oxygen atoms in total. The Morgan fingerprint density at radius 3 is 2.63 bits per heavy atom. The molecule has 0 fully saturated rings. The number of carbonyl (C=O) groups is 1. The molecule has 0 unspecified atom stereocenters. The van der Waals surface area contributed by atoms with E-state index in [1.54, 1.807) is 4.90 Å². The molecule has 3 heterocycles. The van der Waals surface area contributed by atoms with Crippen LogP contribution >= 0.6 is 0 Å². The molecular formula is C25H22N4O. The fourth-order valence-electron chi connectivity index (χ4n) is 3.96. The monoisotopic (exact) mass is 394 g/mol. The number of hydrogen-bond donors (Lipinski definition) is 0. The Kier molecular flexibility index (Phi) is 4.43. The average Bonchev–Trinajstić information content (AvgIpc) is 3.33. The molecule has 1 aliphatic rings. The van der Waals surface area contributed by atoms with Gasteiger partial charge in [-0.3, -0.25) is 14.5 Å². The Balaban J connectivity index is 1.54. The first-order valence-electron chi connectivity index (χ1n) is 10.0. The van der Waals surface area contributed by atoms with Gasteiger partial charge in [0.1, 0.15) is 0 Å². The van der Waals surface area contributed by atoms with Crippen LogP contribution in [0.2, 0.25) is 0 Å². The lowest BCUT2D eigenvalue weighted by Gasteiger charge is -2.10. The molecule has 5 heteroatoms. The molecule has 0 spiro atoms. The van der Waals surface area contributed by atoms with E-state index in [2.05, 4.69) is 35.6 Å². The number of hydrogen-bond acceptors (Lipinski definition) is 3. The largest absolute Gasteiger partial charge is 0.337 e. The maximum atomic E-state index is 12.5.